The lowest BCUT2D eigenvalue weighted by Gasteiger charge is -2.39. The van der Waals surface area contributed by atoms with Crippen LogP contribution in [0.25, 0.3) is 0 Å². The third kappa shape index (κ3) is 13.3. The number of unbranched alkanes of at least 4 members (excludes halogenated alkanes) is 3. The SMILES string of the molecule is O=CC[C@@H](CCCCNC(=O)CCCCOC1OC(CO)C(O)C(O)C1O)NC(=O)CCCCOC1OC(CO)C(O)C(O)C1O. The van der Waals surface area contributed by atoms with Gasteiger partial charge in [-0.15, -0.1) is 0 Å². The zero-order valence-corrected chi connectivity index (χ0v) is 26.0. The zero-order valence-electron chi connectivity index (χ0n) is 26.0. The average Bonchev–Trinajstić information content (AvgIpc) is 3.04. The first kappa shape index (κ1) is 40.3. The summed E-state index contributed by atoms with van der Waals surface area (Å²) in [6.07, 6.45) is -8.43. The molecule has 0 bridgehead atoms. The highest BCUT2D eigenvalue weighted by atomic mass is 16.7. The summed E-state index contributed by atoms with van der Waals surface area (Å²) in [7, 11) is 0. The Bertz CT molecular complexity index is 882. The summed E-state index contributed by atoms with van der Waals surface area (Å²) in [5.74, 6) is -0.385. The summed E-state index contributed by atoms with van der Waals surface area (Å²) in [5.41, 5.74) is 0. The van der Waals surface area contributed by atoms with Crippen LogP contribution in [0.5, 0.6) is 0 Å². The first-order valence-electron chi connectivity index (χ1n) is 15.9. The Labute approximate surface area is 267 Å². The van der Waals surface area contributed by atoms with E-state index in [4.69, 9.17) is 18.9 Å². The first-order chi connectivity index (χ1) is 22.0. The van der Waals surface area contributed by atoms with Gasteiger partial charge in [-0.3, -0.25) is 9.59 Å². The van der Waals surface area contributed by atoms with E-state index >= 15 is 0 Å². The Kier molecular flexibility index (Phi) is 19.2. The van der Waals surface area contributed by atoms with Gasteiger partial charge in [0.2, 0.25) is 11.8 Å². The number of carbonyl (C=O) groups is 3. The second-order valence-corrected chi connectivity index (χ2v) is 11.6. The quantitative estimate of drug-likeness (QED) is 0.0393. The summed E-state index contributed by atoms with van der Waals surface area (Å²) in [4.78, 5) is 35.5. The van der Waals surface area contributed by atoms with Crippen molar-refractivity contribution < 1.29 is 74.2 Å². The van der Waals surface area contributed by atoms with E-state index in [2.05, 4.69) is 10.6 Å². The number of amides is 2. The molecule has 2 fully saturated rings. The third-order valence-corrected chi connectivity index (χ3v) is 7.90. The Hall–Kier alpha value is -1.87. The molecule has 46 heavy (non-hydrogen) atoms. The van der Waals surface area contributed by atoms with Crippen LogP contribution in [0, 0.1) is 0 Å². The Morgan fingerprint density at radius 2 is 1.17 bits per heavy atom. The summed E-state index contributed by atoms with van der Waals surface area (Å²) in [5, 5.41) is 83.2. The summed E-state index contributed by atoms with van der Waals surface area (Å²) < 4.78 is 21.3. The fraction of sp³-hybridized carbons (Fsp3) is 0.897. The van der Waals surface area contributed by atoms with Crippen molar-refractivity contribution in [3.05, 3.63) is 0 Å². The van der Waals surface area contributed by atoms with Gasteiger partial charge in [-0.05, 0) is 44.9 Å². The number of aliphatic hydroxyl groups is 8. The maximum atomic E-state index is 12.4. The number of rotatable bonds is 22. The largest absolute Gasteiger partial charge is 0.394 e. The molecule has 17 nitrogen and oxygen atoms in total. The molecule has 11 atom stereocenters. The van der Waals surface area contributed by atoms with Crippen molar-refractivity contribution in [2.75, 3.05) is 33.0 Å². The van der Waals surface area contributed by atoms with Gasteiger partial charge in [0.1, 0.15) is 55.1 Å². The lowest BCUT2D eigenvalue weighted by atomic mass is 9.99. The minimum atomic E-state index is -1.53. The monoisotopic (exact) mass is 668 g/mol. The van der Waals surface area contributed by atoms with E-state index in [1.807, 2.05) is 0 Å². The minimum absolute atomic E-state index is 0.107. The average molecular weight is 669 g/mol. The van der Waals surface area contributed by atoms with Gasteiger partial charge >= 0.3 is 0 Å². The molecule has 10 N–H and O–H groups in total. The molecular formula is C29H52N2O15. The molecule has 2 heterocycles. The van der Waals surface area contributed by atoms with E-state index in [9.17, 15) is 55.2 Å². The van der Waals surface area contributed by atoms with Gasteiger partial charge in [0.15, 0.2) is 12.6 Å². The lowest BCUT2D eigenvalue weighted by Crippen LogP contribution is -2.59. The molecule has 0 aromatic carbocycles. The van der Waals surface area contributed by atoms with Crippen LogP contribution in [0.15, 0.2) is 0 Å². The normalized spacial score (nSPS) is 32.1. The summed E-state index contributed by atoms with van der Waals surface area (Å²) in [6, 6.07) is -0.338. The van der Waals surface area contributed by atoms with Crippen molar-refractivity contribution >= 4 is 18.1 Å². The van der Waals surface area contributed by atoms with E-state index in [1.54, 1.807) is 0 Å². The first-order valence-corrected chi connectivity index (χ1v) is 15.9. The fourth-order valence-electron chi connectivity index (χ4n) is 5.08. The van der Waals surface area contributed by atoms with Gasteiger partial charge in [0.25, 0.3) is 0 Å². The molecule has 0 aromatic heterocycles. The molecule has 17 heteroatoms. The molecule has 10 unspecified atom stereocenters. The van der Waals surface area contributed by atoms with Crippen LogP contribution >= 0.6 is 0 Å². The van der Waals surface area contributed by atoms with Gasteiger partial charge < -0.3 is 75.2 Å². The van der Waals surface area contributed by atoms with E-state index < -0.39 is 74.6 Å². The van der Waals surface area contributed by atoms with E-state index in [-0.39, 0.29) is 50.3 Å². The van der Waals surface area contributed by atoms with Crippen molar-refractivity contribution in [1.82, 2.24) is 10.6 Å². The highest BCUT2D eigenvalue weighted by molar-refractivity contribution is 5.76. The van der Waals surface area contributed by atoms with Crippen LogP contribution in [0.2, 0.25) is 0 Å². The highest BCUT2D eigenvalue weighted by Crippen LogP contribution is 2.23. The van der Waals surface area contributed by atoms with Crippen molar-refractivity contribution in [3.8, 4) is 0 Å². The van der Waals surface area contributed by atoms with Crippen molar-refractivity contribution in [3.63, 3.8) is 0 Å². The molecule has 2 rings (SSSR count). The maximum Gasteiger partial charge on any atom is 0.220 e. The molecule has 0 spiro atoms. The Morgan fingerprint density at radius 1 is 0.674 bits per heavy atom. The zero-order chi connectivity index (χ0) is 34.1. The molecule has 0 radical (unpaired) electrons. The number of aliphatic hydroxyl groups excluding tert-OH is 8. The van der Waals surface area contributed by atoms with Crippen LogP contribution in [-0.2, 0) is 33.3 Å². The molecule has 2 saturated heterocycles. The molecule has 2 aliphatic rings. The predicted octanol–water partition coefficient (Wildman–Crippen LogP) is -3.68. The van der Waals surface area contributed by atoms with Crippen molar-refractivity contribution in [2.24, 2.45) is 0 Å². The van der Waals surface area contributed by atoms with Gasteiger partial charge in [0, 0.05) is 45.1 Å². The van der Waals surface area contributed by atoms with Crippen LogP contribution in [0.4, 0.5) is 0 Å². The van der Waals surface area contributed by atoms with Crippen LogP contribution in [0.1, 0.15) is 64.2 Å². The Balaban J connectivity index is 1.51. The van der Waals surface area contributed by atoms with Crippen LogP contribution in [-0.4, -0.2) is 159 Å². The lowest BCUT2D eigenvalue weighted by molar-refractivity contribution is -0.301. The molecular weight excluding hydrogens is 616 g/mol. The standard InChI is InChI=1S/C29H52N2O15/c32-12-10-17(31-21(36)9-3-6-14-44-29-27(42)25(40)23(38)19(16-34)46-29)7-1-4-11-30-20(35)8-2-5-13-43-28-26(41)24(39)22(37)18(15-33)45-28/h12,17-19,22-29,33-34,37-42H,1-11,13-16H2,(H,30,35)(H,31,36)/t17-,18?,19?,22?,23?,24?,25?,26?,27?,28?,29?/m1/s1. The summed E-state index contributed by atoms with van der Waals surface area (Å²) >= 11 is 0. The third-order valence-electron chi connectivity index (χ3n) is 7.90. The number of aldehydes is 1. The molecule has 268 valence electrons. The second-order valence-electron chi connectivity index (χ2n) is 11.6. The Morgan fingerprint density at radius 3 is 1.65 bits per heavy atom. The van der Waals surface area contributed by atoms with Gasteiger partial charge in [-0.25, -0.2) is 0 Å². The van der Waals surface area contributed by atoms with Gasteiger partial charge in [-0.1, -0.05) is 0 Å². The number of carbonyl (C=O) groups excluding carboxylic acids is 3. The van der Waals surface area contributed by atoms with E-state index in [1.165, 1.54) is 0 Å². The molecule has 0 saturated carbocycles. The number of ether oxygens (including phenoxy) is 4. The maximum absolute atomic E-state index is 12.4. The molecule has 0 aliphatic carbocycles. The second kappa shape index (κ2) is 21.9. The number of hydrogen-bond donors (Lipinski definition) is 10. The topological polar surface area (TPSA) is 274 Å². The highest BCUT2D eigenvalue weighted by Gasteiger charge is 2.45. The number of nitrogens with one attached hydrogen (secondary N) is 2. The van der Waals surface area contributed by atoms with Crippen LogP contribution in [0.3, 0.4) is 0 Å². The van der Waals surface area contributed by atoms with E-state index in [0.29, 0.717) is 51.5 Å². The van der Waals surface area contributed by atoms with Crippen molar-refractivity contribution in [1.29, 1.82) is 0 Å². The molecule has 0 aromatic rings. The number of hydrogen-bond acceptors (Lipinski definition) is 15. The van der Waals surface area contributed by atoms with Crippen LogP contribution < -0.4 is 10.6 Å². The smallest absolute Gasteiger partial charge is 0.220 e. The van der Waals surface area contributed by atoms with Gasteiger partial charge in [0.05, 0.1) is 13.2 Å². The molecule has 2 aliphatic heterocycles. The summed E-state index contributed by atoms with van der Waals surface area (Å²) in [6.45, 7) is -0.435. The van der Waals surface area contributed by atoms with Gasteiger partial charge in [-0.2, -0.15) is 0 Å². The minimum Gasteiger partial charge on any atom is -0.394 e. The molecule has 2 amide bonds. The van der Waals surface area contributed by atoms with Crippen molar-refractivity contribution in [2.45, 2.75) is 132 Å². The van der Waals surface area contributed by atoms with E-state index in [0.717, 1.165) is 6.29 Å². The predicted molar refractivity (Wildman–Crippen MR) is 157 cm³/mol. The fourth-order valence-corrected chi connectivity index (χ4v) is 5.08.